The number of Topliss-reactive ketones (excluding diaryl/α,β-unsaturated/α-hetero) is 1. The van der Waals surface area contributed by atoms with Crippen LogP contribution >= 0.6 is 11.3 Å². The summed E-state index contributed by atoms with van der Waals surface area (Å²) in [6.45, 7) is 1.65. The number of nitro benzene ring substituents is 1. The molecule has 0 bridgehead atoms. The Bertz CT molecular complexity index is 1220. The van der Waals surface area contributed by atoms with E-state index in [2.05, 4.69) is 4.98 Å². The fraction of sp³-hybridized carbons (Fsp3) is 0.100. The van der Waals surface area contributed by atoms with Gasteiger partial charge in [0.05, 0.1) is 21.2 Å². The van der Waals surface area contributed by atoms with Gasteiger partial charge in [0.1, 0.15) is 5.75 Å². The summed E-state index contributed by atoms with van der Waals surface area (Å²) in [6.07, 6.45) is 2.91. The van der Waals surface area contributed by atoms with Crippen molar-refractivity contribution in [2.45, 2.75) is 6.92 Å². The summed E-state index contributed by atoms with van der Waals surface area (Å²) in [5, 5.41) is 11.1. The highest BCUT2D eigenvalue weighted by atomic mass is 32.1. The average Bonchev–Trinajstić information content (AvgIpc) is 3.01. The number of hydrogen-bond donors (Lipinski definition) is 1. The number of nitrogens with zero attached hydrogens (tertiary/aromatic N) is 1. The quantitative estimate of drug-likeness (QED) is 0.404. The predicted molar refractivity (Wildman–Crippen MR) is 107 cm³/mol. The first kappa shape index (κ1) is 19.2. The van der Waals surface area contributed by atoms with E-state index in [0.717, 1.165) is 11.3 Å². The Morgan fingerprint density at radius 2 is 1.93 bits per heavy atom. The number of carbonyl (C=O) groups is 1. The van der Waals surface area contributed by atoms with Crippen molar-refractivity contribution in [3.8, 4) is 5.75 Å². The predicted octanol–water partition coefficient (Wildman–Crippen LogP) is 2.15. The second kappa shape index (κ2) is 8.01. The second-order valence-electron chi connectivity index (χ2n) is 5.97. The lowest BCUT2D eigenvalue weighted by Crippen LogP contribution is -2.20. The molecular weight excluding hydrogens is 380 g/mol. The Hall–Kier alpha value is -3.52. The number of benzene rings is 2. The molecular formula is C20H16N2O5S. The number of ketones is 1. The van der Waals surface area contributed by atoms with Crippen molar-refractivity contribution in [3.05, 3.63) is 88.8 Å². The lowest BCUT2D eigenvalue weighted by Gasteiger charge is -1.99. The molecule has 0 unspecified atom stereocenters. The van der Waals surface area contributed by atoms with Crippen LogP contribution < -0.4 is 19.5 Å². The molecule has 0 aliphatic heterocycles. The topological polar surface area (TPSA) is 102 Å². The number of ether oxygens (including phenoxy) is 1. The number of rotatable bonds is 5. The molecule has 1 N–H and O–H groups in total. The first-order valence-electron chi connectivity index (χ1n) is 8.23. The van der Waals surface area contributed by atoms with E-state index in [9.17, 15) is 19.7 Å². The standard InChI is InChI=1S/C20H16N2O5S/c1-12-3-4-13(9-16(12)22(25)26)10-18-20(24)21-19(28-18)11-17(23)14-5-7-15(27-2)8-6-14/h3-11H,1-2H3,(H,21,24)/b18-10+,19-11+. The van der Waals surface area contributed by atoms with Crippen LogP contribution in [0, 0.1) is 17.0 Å². The summed E-state index contributed by atoms with van der Waals surface area (Å²) in [7, 11) is 1.54. The Kier molecular flexibility index (Phi) is 5.51. The maximum atomic E-state index is 12.4. The second-order valence-corrected chi connectivity index (χ2v) is 7.05. The van der Waals surface area contributed by atoms with Crippen LogP contribution in [0.2, 0.25) is 0 Å². The number of aryl methyl sites for hydroxylation is 1. The van der Waals surface area contributed by atoms with Gasteiger partial charge in [0.25, 0.3) is 11.2 Å². The number of carbonyl (C=O) groups excluding carboxylic acids is 1. The normalized spacial score (nSPS) is 12.2. The van der Waals surface area contributed by atoms with Gasteiger partial charge in [-0.25, -0.2) is 0 Å². The molecule has 0 aliphatic carbocycles. The number of thiazole rings is 1. The zero-order chi connectivity index (χ0) is 20.3. The van der Waals surface area contributed by atoms with Crippen LogP contribution in [0.3, 0.4) is 0 Å². The van der Waals surface area contributed by atoms with E-state index in [1.165, 1.54) is 12.1 Å². The molecule has 142 valence electrons. The highest BCUT2D eigenvalue weighted by molar-refractivity contribution is 7.07. The molecule has 0 spiro atoms. The van der Waals surface area contributed by atoms with Crippen molar-refractivity contribution < 1.29 is 14.5 Å². The SMILES string of the molecule is COc1ccc(C(=O)/C=c2\[nH]c(=O)/c(=C\c3ccc(C)c([N+](=O)[O-])c3)s2)cc1. The van der Waals surface area contributed by atoms with Gasteiger partial charge in [-0.1, -0.05) is 12.1 Å². The number of hydrogen-bond acceptors (Lipinski definition) is 6. The zero-order valence-corrected chi connectivity index (χ0v) is 15.9. The van der Waals surface area contributed by atoms with Gasteiger partial charge in [0.15, 0.2) is 5.78 Å². The van der Waals surface area contributed by atoms with E-state index < -0.39 is 4.92 Å². The van der Waals surface area contributed by atoms with Gasteiger partial charge in [-0.15, -0.1) is 11.3 Å². The van der Waals surface area contributed by atoms with Gasteiger partial charge < -0.3 is 9.72 Å². The maximum absolute atomic E-state index is 12.4. The number of nitrogens with one attached hydrogen (secondary N) is 1. The van der Waals surface area contributed by atoms with Crippen molar-refractivity contribution in [1.82, 2.24) is 4.98 Å². The number of aromatic amines is 1. The molecule has 3 aromatic rings. The van der Waals surface area contributed by atoms with Crippen molar-refractivity contribution in [3.63, 3.8) is 0 Å². The van der Waals surface area contributed by atoms with Crippen LogP contribution in [0.1, 0.15) is 21.5 Å². The van der Waals surface area contributed by atoms with Crippen molar-refractivity contribution in [1.29, 1.82) is 0 Å². The lowest BCUT2D eigenvalue weighted by atomic mass is 10.1. The number of methoxy groups -OCH3 is 1. The third-order valence-electron chi connectivity index (χ3n) is 4.04. The summed E-state index contributed by atoms with van der Waals surface area (Å²) >= 11 is 1.11. The minimum absolute atomic E-state index is 0.0109. The van der Waals surface area contributed by atoms with E-state index in [1.807, 2.05) is 0 Å². The van der Waals surface area contributed by atoms with Crippen molar-refractivity contribution in [2.24, 2.45) is 0 Å². The van der Waals surface area contributed by atoms with Crippen LogP contribution in [0.25, 0.3) is 12.2 Å². The molecule has 0 amide bonds. The summed E-state index contributed by atoms with van der Waals surface area (Å²) in [6, 6.07) is 11.4. The molecule has 0 atom stereocenters. The molecule has 7 nitrogen and oxygen atoms in total. The summed E-state index contributed by atoms with van der Waals surface area (Å²) in [4.78, 5) is 37.8. The summed E-state index contributed by atoms with van der Waals surface area (Å²) < 4.78 is 5.82. The molecule has 0 fully saturated rings. The highest BCUT2D eigenvalue weighted by Gasteiger charge is 2.10. The molecule has 1 heterocycles. The fourth-order valence-electron chi connectivity index (χ4n) is 2.55. The summed E-state index contributed by atoms with van der Waals surface area (Å²) in [5.41, 5.74) is 1.18. The first-order chi connectivity index (χ1) is 13.4. The average molecular weight is 396 g/mol. The fourth-order valence-corrected chi connectivity index (χ4v) is 3.43. The van der Waals surface area contributed by atoms with Gasteiger partial charge in [0, 0.05) is 23.3 Å². The molecule has 0 radical (unpaired) electrons. The van der Waals surface area contributed by atoms with Crippen LogP contribution in [-0.4, -0.2) is 22.8 Å². The lowest BCUT2D eigenvalue weighted by molar-refractivity contribution is -0.385. The van der Waals surface area contributed by atoms with Crippen LogP contribution in [-0.2, 0) is 0 Å². The third kappa shape index (κ3) is 4.24. The Morgan fingerprint density at radius 1 is 1.21 bits per heavy atom. The van der Waals surface area contributed by atoms with Gasteiger partial charge in [-0.3, -0.25) is 19.7 Å². The van der Waals surface area contributed by atoms with Gasteiger partial charge in [-0.2, -0.15) is 0 Å². The van der Waals surface area contributed by atoms with Crippen molar-refractivity contribution in [2.75, 3.05) is 7.11 Å². The number of nitro groups is 1. The Labute approximate surface area is 163 Å². The van der Waals surface area contributed by atoms with E-state index >= 15 is 0 Å². The third-order valence-corrected chi connectivity index (χ3v) is 5.01. The monoisotopic (exact) mass is 396 g/mol. The molecule has 0 aliphatic rings. The largest absolute Gasteiger partial charge is 0.497 e. The van der Waals surface area contributed by atoms with E-state index in [0.29, 0.717) is 31.6 Å². The number of aromatic nitrogens is 1. The van der Waals surface area contributed by atoms with Crippen molar-refractivity contribution >= 4 is 35.0 Å². The minimum Gasteiger partial charge on any atom is -0.497 e. The van der Waals surface area contributed by atoms with E-state index in [1.54, 1.807) is 56.5 Å². The molecule has 1 aromatic heterocycles. The van der Waals surface area contributed by atoms with Gasteiger partial charge >= 0.3 is 0 Å². The number of H-pyrrole nitrogens is 1. The molecule has 2 aromatic carbocycles. The smallest absolute Gasteiger partial charge is 0.272 e. The Balaban J connectivity index is 1.96. The van der Waals surface area contributed by atoms with Crippen LogP contribution in [0.5, 0.6) is 5.75 Å². The van der Waals surface area contributed by atoms with Crippen LogP contribution in [0.4, 0.5) is 5.69 Å². The Morgan fingerprint density at radius 3 is 2.57 bits per heavy atom. The molecule has 0 saturated heterocycles. The highest BCUT2D eigenvalue weighted by Crippen LogP contribution is 2.19. The van der Waals surface area contributed by atoms with E-state index in [4.69, 9.17) is 4.74 Å². The maximum Gasteiger partial charge on any atom is 0.272 e. The van der Waals surface area contributed by atoms with Crippen LogP contribution in [0.15, 0.2) is 47.3 Å². The molecule has 28 heavy (non-hydrogen) atoms. The van der Waals surface area contributed by atoms with Gasteiger partial charge in [-0.05, 0) is 42.8 Å². The zero-order valence-electron chi connectivity index (χ0n) is 15.1. The minimum atomic E-state index is -0.460. The first-order valence-corrected chi connectivity index (χ1v) is 9.05. The summed E-state index contributed by atoms with van der Waals surface area (Å²) in [5.74, 6) is 0.392. The molecule has 3 rings (SSSR count). The molecule has 0 saturated carbocycles. The van der Waals surface area contributed by atoms with E-state index in [-0.39, 0.29) is 17.0 Å². The molecule has 8 heteroatoms. The van der Waals surface area contributed by atoms with Gasteiger partial charge in [0.2, 0.25) is 0 Å².